The maximum atomic E-state index is 4.69. The van der Waals surface area contributed by atoms with E-state index in [9.17, 15) is 0 Å². The van der Waals surface area contributed by atoms with Crippen molar-refractivity contribution in [2.45, 2.75) is 13.3 Å². The van der Waals surface area contributed by atoms with Crippen molar-refractivity contribution in [2.24, 2.45) is 0 Å². The minimum atomic E-state index is 0.907. The van der Waals surface area contributed by atoms with Crippen LogP contribution in [0.4, 0.5) is 11.8 Å². The van der Waals surface area contributed by atoms with Gasteiger partial charge in [-0.1, -0.05) is 0 Å². The Hall–Kier alpha value is -1.36. The molecule has 0 unspecified atom stereocenters. The molecule has 0 radical (unpaired) electrons. The zero-order valence-corrected chi connectivity index (χ0v) is 10.3. The Kier molecular flexibility index (Phi) is 2.84. The lowest BCUT2D eigenvalue weighted by Gasteiger charge is -2.33. The third-order valence-electron chi connectivity index (χ3n) is 3.41. The molecular weight excluding hydrogens is 214 g/mol. The zero-order valence-electron chi connectivity index (χ0n) is 10.3. The highest BCUT2D eigenvalue weighted by Gasteiger charge is 2.20. The van der Waals surface area contributed by atoms with Gasteiger partial charge in [0.1, 0.15) is 5.82 Å². The van der Waals surface area contributed by atoms with Gasteiger partial charge in [0.25, 0.3) is 0 Å². The summed E-state index contributed by atoms with van der Waals surface area (Å²) in [6, 6.07) is 2.09. The Balaban J connectivity index is 1.84. The van der Waals surface area contributed by atoms with Gasteiger partial charge in [-0.3, -0.25) is 0 Å². The summed E-state index contributed by atoms with van der Waals surface area (Å²) in [4.78, 5) is 13.8. The van der Waals surface area contributed by atoms with Crippen LogP contribution >= 0.6 is 0 Å². The predicted octanol–water partition coefficient (Wildman–Crippen LogP) is 0.405. The molecule has 5 heteroatoms. The van der Waals surface area contributed by atoms with Crippen molar-refractivity contribution in [2.75, 3.05) is 49.1 Å². The Bertz CT molecular complexity index is 396. The molecule has 17 heavy (non-hydrogen) atoms. The van der Waals surface area contributed by atoms with E-state index in [4.69, 9.17) is 4.98 Å². The van der Waals surface area contributed by atoms with Crippen molar-refractivity contribution in [3.63, 3.8) is 0 Å². The Labute approximate surface area is 102 Å². The van der Waals surface area contributed by atoms with Crippen LogP contribution in [0.3, 0.4) is 0 Å². The second-order valence-electron chi connectivity index (χ2n) is 4.75. The number of aryl methyl sites for hydroxylation is 1. The van der Waals surface area contributed by atoms with E-state index < -0.39 is 0 Å². The van der Waals surface area contributed by atoms with Gasteiger partial charge in [0.2, 0.25) is 5.95 Å². The minimum absolute atomic E-state index is 0.907. The largest absolute Gasteiger partial charge is 0.354 e. The molecule has 0 spiro atoms. The standard InChI is InChI=1S/C12H19N5/c1-10-9-11(16-7-3-13-4-8-16)15-12(14-10)17-5-2-6-17/h9,13H,2-8H2,1H3. The lowest BCUT2D eigenvalue weighted by atomic mass is 10.2. The molecule has 3 rings (SSSR count). The van der Waals surface area contributed by atoms with Crippen LogP contribution in [0, 0.1) is 6.92 Å². The van der Waals surface area contributed by atoms with Gasteiger partial charge in [0.15, 0.2) is 0 Å². The van der Waals surface area contributed by atoms with Crippen LogP contribution in [0.25, 0.3) is 0 Å². The van der Waals surface area contributed by atoms with Crippen LogP contribution < -0.4 is 15.1 Å². The number of hydrogen-bond donors (Lipinski definition) is 1. The lowest BCUT2D eigenvalue weighted by Crippen LogP contribution is -2.44. The van der Waals surface area contributed by atoms with Crippen LogP contribution in [0.2, 0.25) is 0 Å². The van der Waals surface area contributed by atoms with E-state index in [1.54, 1.807) is 0 Å². The minimum Gasteiger partial charge on any atom is -0.354 e. The van der Waals surface area contributed by atoms with Crippen molar-refractivity contribution in [1.29, 1.82) is 0 Å². The van der Waals surface area contributed by atoms with Crippen molar-refractivity contribution >= 4 is 11.8 Å². The van der Waals surface area contributed by atoms with Crippen molar-refractivity contribution in [3.05, 3.63) is 11.8 Å². The fourth-order valence-corrected chi connectivity index (χ4v) is 2.25. The first kappa shape index (κ1) is 10.8. The summed E-state index contributed by atoms with van der Waals surface area (Å²) in [7, 11) is 0. The summed E-state index contributed by atoms with van der Waals surface area (Å²) in [5, 5.41) is 3.36. The van der Waals surface area contributed by atoms with Crippen molar-refractivity contribution in [3.8, 4) is 0 Å². The van der Waals surface area contributed by atoms with E-state index in [-0.39, 0.29) is 0 Å². The number of aromatic nitrogens is 2. The summed E-state index contributed by atoms with van der Waals surface area (Å²) in [6.45, 7) is 8.42. The number of rotatable bonds is 2. The highest BCUT2D eigenvalue weighted by atomic mass is 15.3. The summed E-state index contributed by atoms with van der Waals surface area (Å²) < 4.78 is 0. The summed E-state index contributed by atoms with van der Waals surface area (Å²) in [6.07, 6.45) is 1.26. The lowest BCUT2D eigenvalue weighted by molar-refractivity contribution is 0.577. The molecule has 2 aliphatic heterocycles. The average molecular weight is 233 g/mol. The first-order valence-corrected chi connectivity index (χ1v) is 6.39. The first-order valence-electron chi connectivity index (χ1n) is 6.39. The first-order chi connectivity index (χ1) is 8.33. The second-order valence-corrected chi connectivity index (χ2v) is 4.75. The molecule has 0 aliphatic carbocycles. The van der Waals surface area contributed by atoms with E-state index in [0.717, 1.165) is 56.7 Å². The molecule has 0 saturated carbocycles. The quantitative estimate of drug-likeness (QED) is 0.801. The van der Waals surface area contributed by atoms with Gasteiger partial charge >= 0.3 is 0 Å². The van der Waals surface area contributed by atoms with E-state index >= 15 is 0 Å². The Morgan fingerprint density at radius 3 is 2.47 bits per heavy atom. The fraction of sp³-hybridized carbons (Fsp3) is 0.667. The average Bonchev–Trinajstić information content (AvgIpc) is 2.27. The highest BCUT2D eigenvalue weighted by molar-refractivity contribution is 5.47. The molecule has 1 aromatic heterocycles. The SMILES string of the molecule is Cc1cc(N2CCNCC2)nc(N2CCC2)n1. The molecule has 0 atom stereocenters. The molecule has 3 heterocycles. The van der Waals surface area contributed by atoms with Gasteiger partial charge < -0.3 is 15.1 Å². The number of anilines is 2. The summed E-state index contributed by atoms with van der Waals surface area (Å²) >= 11 is 0. The molecule has 0 aromatic carbocycles. The molecule has 92 valence electrons. The molecule has 0 amide bonds. The monoisotopic (exact) mass is 233 g/mol. The molecule has 2 aliphatic rings. The molecule has 2 fully saturated rings. The number of hydrogen-bond acceptors (Lipinski definition) is 5. The Morgan fingerprint density at radius 1 is 1.06 bits per heavy atom. The maximum Gasteiger partial charge on any atom is 0.227 e. The van der Waals surface area contributed by atoms with E-state index in [1.807, 2.05) is 0 Å². The van der Waals surface area contributed by atoms with Crippen molar-refractivity contribution in [1.82, 2.24) is 15.3 Å². The van der Waals surface area contributed by atoms with E-state index in [0.29, 0.717) is 0 Å². The normalized spacial score (nSPS) is 20.3. The smallest absolute Gasteiger partial charge is 0.227 e. The van der Waals surface area contributed by atoms with Crippen LogP contribution in [0.15, 0.2) is 6.07 Å². The van der Waals surface area contributed by atoms with Crippen LogP contribution in [0.5, 0.6) is 0 Å². The maximum absolute atomic E-state index is 4.69. The molecule has 1 aromatic rings. The van der Waals surface area contributed by atoms with E-state index in [2.05, 4.69) is 33.1 Å². The van der Waals surface area contributed by atoms with Crippen LogP contribution in [0.1, 0.15) is 12.1 Å². The number of piperazine rings is 1. The second kappa shape index (κ2) is 4.49. The van der Waals surface area contributed by atoms with Crippen LogP contribution in [-0.4, -0.2) is 49.2 Å². The summed E-state index contributed by atoms with van der Waals surface area (Å²) in [5.74, 6) is 1.99. The predicted molar refractivity (Wildman–Crippen MR) is 68.7 cm³/mol. The molecule has 5 nitrogen and oxygen atoms in total. The molecule has 1 N–H and O–H groups in total. The van der Waals surface area contributed by atoms with Gasteiger partial charge in [0.05, 0.1) is 0 Å². The van der Waals surface area contributed by atoms with Gasteiger partial charge in [-0.15, -0.1) is 0 Å². The number of nitrogens with zero attached hydrogens (tertiary/aromatic N) is 4. The van der Waals surface area contributed by atoms with Gasteiger partial charge in [0, 0.05) is 51.0 Å². The van der Waals surface area contributed by atoms with Gasteiger partial charge in [-0.05, 0) is 13.3 Å². The molecular formula is C12H19N5. The van der Waals surface area contributed by atoms with Crippen molar-refractivity contribution < 1.29 is 0 Å². The number of nitrogens with one attached hydrogen (secondary N) is 1. The van der Waals surface area contributed by atoms with E-state index in [1.165, 1.54) is 6.42 Å². The van der Waals surface area contributed by atoms with Gasteiger partial charge in [-0.25, -0.2) is 4.98 Å². The Morgan fingerprint density at radius 2 is 1.82 bits per heavy atom. The zero-order chi connectivity index (χ0) is 11.7. The molecule has 0 bridgehead atoms. The van der Waals surface area contributed by atoms with Crippen LogP contribution in [-0.2, 0) is 0 Å². The third kappa shape index (κ3) is 2.20. The fourth-order valence-electron chi connectivity index (χ4n) is 2.25. The topological polar surface area (TPSA) is 44.3 Å². The third-order valence-corrected chi connectivity index (χ3v) is 3.41. The van der Waals surface area contributed by atoms with Gasteiger partial charge in [-0.2, -0.15) is 4.98 Å². The molecule has 2 saturated heterocycles. The highest BCUT2D eigenvalue weighted by Crippen LogP contribution is 2.21. The summed E-state index contributed by atoms with van der Waals surface area (Å²) in [5.41, 5.74) is 1.07.